The van der Waals surface area contributed by atoms with E-state index in [1.54, 1.807) is 11.3 Å². The molecule has 0 bridgehead atoms. The molecule has 1 atom stereocenters. The Bertz CT molecular complexity index is 635. The summed E-state index contributed by atoms with van der Waals surface area (Å²) >= 11 is 1.58. The van der Waals surface area contributed by atoms with E-state index >= 15 is 0 Å². The minimum atomic E-state index is -0.0356. The van der Waals surface area contributed by atoms with Gasteiger partial charge < -0.3 is 10.4 Å². The molecule has 24 heavy (non-hydrogen) atoms. The quantitative estimate of drug-likeness (QED) is 0.803. The normalized spacial score (nSPS) is 21.1. The SMILES string of the molecule is N#Cc1c(NC(=O)CCN2CCC[C@@H]2CO)sc2c1CCCCC2. The van der Waals surface area contributed by atoms with Crippen molar-refractivity contribution in [2.45, 2.75) is 57.4 Å². The highest BCUT2D eigenvalue weighted by Gasteiger charge is 2.25. The van der Waals surface area contributed by atoms with E-state index in [9.17, 15) is 15.2 Å². The van der Waals surface area contributed by atoms with Gasteiger partial charge in [-0.15, -0.1) is 11.3 Å². The second-order valence-corrected chi connectivity index (χ2v) is 7.80. The predicted molar refractivity (Wildman–Crippen MR) is 95.2 cm³/mol. The van der Waals surface area contributed by atoms with Gasteiger partial charge in [0.05, 0.1) is 12.2 Å². The number of nitriles is 1. The van der Waals surface area contributed by atoms with Crippen molar-refractivity contribution < 1.29 is 9.90 Å². The molecule has 130 valence electrons. The zero-order valence-electron chi connectivity index (χ0n) is 14.0. The summed E-state index contributed by atoms with van der Waals surface area (Å²) in [6.45, 7) is 1.79. The molecule has 1 aliphatic heterocycles. The van der Waals surface area contributed by atoms with Crippen molar-refractivity contribution >= 4 is 22.2 Å². The largest absolute Gasteiger partial charge is 0.395 e. The number of nitrogens with one attached hydrogen (secondary N) is 1. The lowest BCUT2D eigenvalue weighted by Crippen LogP contribution is -2.34. The average Bonchev–Trinajstić information content (AvgIpc) is 3.10. The van der Waals surface area contributed by atoms with Crippen LogP contribution in [0.1, 0.15) is 54.5 Å². The maximum Gasteiger partial charge on any atom is 0.226 e. The van der Waals surface area contributed by atoms with E-state index in [0.29, 0.717) is 18.5 Å². The van der Waals surface area contributed by atoms with Crippen LogP contribution in [0.25, 0.3) is 0 Å². The molecule has 2 heterocycles. The second kappa shape index (κ2) is 8.11. The van der Waals surface area contributed by atoms with Crippen molar-refractivity contribution in [3.8, 4) is 6.07 Å². The number of rotatable bonds is 5. The molecule has 1 aromatic rings. The minimum absolute atomic E-state index is 0.0356. The van der Waals surface area contributed by atoms with Crippen molar-refractivity contribution in [1.82, 2.24) is 4.90 Å². The molecule has 2 aliphatic rings. The zero-order valence-corrected chi connectivity index (χ0v) is 14.8. The Hall–Kier alpha value is -1.42. The number of thiophene rings is 1. The van der Waals surface area contributed by atoms with Gasteiger partial charge in [-0.2, -0.15) is 5.26 Å². The summed E-state index contributed by atoms with van der Waals surface area (Å²) < 4.78 is 0. The lowest BCUT2D eigenvalue weighted by Gasteiger charge is -2.22. The fourth-order valence-electron chi connectivity index (χ4n) is 3.78. The number of hydrogen-bond acceptors (Lipinski definition) is 5. The first-order valence-corrected chi connectivity index (χ1v) is 9.74. The third kappa shape index (κ3) is 3.80. The van der Waals surface area contributed by atoms with Gasteiger partial charge in [0.15, 0.2) is 0 Å². The summed E-state index contributed by atoms with van der Waals surface area (Å²) in [7, 11) is 0. The average molecular weight is 347 g/mol. The molecule has 1 aliphatic carbocycles. The van der Waals surface area contributed by atoms with E-state index in [2.05, 4.69) is 16.3 Å². The van der Waals surface area contributed by atoms with Crippen molar-refractivity contribution in [3.05, 3.63) is 16.0 Å². The summed E-state index contributed by atoms with van der Waals surface area (Å²) in [5.41, 5.74) is 1.84. The number of hydrogen-bond donors (Lipinski definition) is 2. The van der Waals surface area contributed by atoms with E-state index in [1.807, 2.05) is 0 Å². The topological polar surface area (TPSA) is 76.4 Å². The van der Waals surface area contributed by atoms with Crippen LogP contribution in [0.5, 0.6) is 0 Å². The zero-order chi connectivity index (χ0) is 16.9. The van der Waals surface area contributed by atoms with Gasteiger partial charge in [-0.05, 0) is 50.6 Å². The number of anilines is 1. The Labute approximate surface area is 147 Å². The summed E-state index contributed by atoms with van der Waals surface area (Å²) in [5, 5.41) is 22.5. The molecule has 1 aromatic heterocycles. The molecule has 1 saturated heterocycles. The van der Waals surface area contributed by atoms with Crippen molar-refractivity contribution in [3.63, 3.8) is 0 Å². The molecule has 0 radical (unpaired) electrons. The lowest BCUT2D eigenvalue weighted by molar-refractivity contribution is -0.116. The summed E-state index contributed by atoms with van der Waals surface area (Å²) in [6, 6.07) is 2.50. The third-order valence-corrected chi connectivity index (χ3v) is 6.33. The molecule has 0 saturated carbocycles. The van der Waals surface area contributed by atoms with E-state index < -0.39 is 0 Å². The van der Waals surface area contributed by atoms with Crippen LogP contribution in [0.4, 0.5) is 5.00 Å². The van der Waals surface area contributed by atoms with Gasteiger partial charge in [0, 0.05) is 23.9 Å². The van der Waals surface area contributed by atoms with Crippen LogP contribution in [-0.2, 0) is 17.6 Å². The van der Waals surface area contributed by atoms with E-state index in [1.165, 1.54) is 17.7 Å². The number of nitrogens with zero attached hydrogens (tertiary/aromatic N) is 2. The number of aliphatic hydroxyl groups excluding tert-OH is 1. The summed E-state index contributed by atoms with van der Waals surface area (Å²) in [5.74, 6) is -0.0356. The Morgan fingerprint density at radius 2 is 2.17 bits per heavy atom. The van der Waals surface area contributed by atoms with Gasteiger partial charge in [0.25, 0.3) is 0 Å². The van der Waals surface area contributed by atoms with Gasteiger partial charge in [0.2, 0.25) is 5.91 Å². The fraction of sp³-hybridized carbons (Fsp3) is 0.667. The van der Waals surface area contributed by atoms with Crippen molar-refractivity contribution in [2.75, 3.05) is 25.0 Å². The van der Waals surface area contributed by atoms with Crippen LogP contribution < -0.4 is 5.32 Å². The van der Waals surface area contributed by atoms with Crippen LogP contribution in [0.3, 0.4) is 0 Å². The molecule has 1 fully saturated rings. The van der Waals surface area contributed by atoms with Gasteiger partial charge in [0.1, 0.15) is 11.1 Å². The third-order valence-electron chi connectivity index (χ3n) is 5.12. The molecule has 0 spiro atoms. The maximum absolute atomic E-state index is 12.3. The Morgan fingerprint density at radius 1 is 1.33 bits per heavy atom. The number of fused-ring (bicyclic) bond motifs is 1. The number of carbonyl (C=O) groups excluding carboxylic acids is 1. The maximum atomic E-state index is 12.3. The van der Waals surface area contributed by atoms with Gasteiger partial charge >= 0.3 is 0 Å². The molecule has 1 amide bonds. The Balaban J connectivity index is 1.61. The molecule has 5 nitrogen and oxygen atoms in total. The monoisotopic (exact) mass is 347 g/mol. The van der Waals surface area contributed by atoms with Crippen LogP contribution >= 0.6 is 11.3 Å². The number of aliphatic hydroxyl groups is 1. The molecule has 3 rings (SSSR count). The number of amides is 1. The van der Waals surface area contributed by atoms with Gasteiger partial charge in [-0.1, -0.05) is 6.42 Å². The van der Waals surface area contributed by atoms with Crippen molar-refractivity contribution in [1.29, 1.82) is 5.26 Å². The number of aryl methyl sites for hydroxylation is 1. The van der Waals surface area contributed by atoms with Crippen LogP contribution in [0.15, 0.2) is 0 Å². The Kier molecular flexibility index (Phi) is 5.88. The summed E-state index contributed by atoms with van der Waals surface area (Å²) in [4.78, 5) is 15.8. The van der Waals surface area contributed by atoms with E-state index in [-0.39, 0.29) is 18.6 Å². The fourth-order valence-corrected chi connectivity index (χ4v) is 5.04. The summed E-state index contributed by atoms with van der Waals surface area (Å²) in [6.07, 6.45) is 8.00. The smallest absolute Gasteiger partial charge is 0.226 e. The van der Waals surface area contributed by atoms with E-state index in [0.717, 1.165) is 49.2 Å². The molecular weight excluding hydrogens is 322 g/mol. The highest BCUT2D eigenvalue weighted by atomic mass is 32.1. The van der Waals surface area contributed by atoms with Crippen molar-refractivity contribution in [2.24, 2.45) is 0 Å². The first-order chi connectivity index (χ1) is 11.7. The first kappa shape index (κ1) is 17.4. The lowest BCUT2D eigenvalue weighted by atomic mass is 10.1. The van der Waals surface area contributed by atoms with Crippen LogP contribution in [0, 0.1) is 11.3 Å². The number of likely N-dealkylation sites (tertiary alicyclic amines) is 1. The standard InChI is InChI=1S/C18H25N3O2S/c19-11-15-14-6-2-1-3-7-16(14)24-18(15)20-17(23)8-10-21-9-4-5-13(21)12-22/h13,22H,1-10,12H2,(H,20,23)/t13-/m1/s1. The number of carbonyl (C=O) groups is 1. The molecule has 0 aromatic carbocycles. The molecule has 2 N–H and O–H groups in total. The molecular formula is C18H25N3O2S. The molecule has 0 unspecified atom stereocenters. The van der Waals surface area contributed by atoms with Crippen LogP contribution in [0.2, 0.25) is 0 Å². The Morgan fingerprint density at radius 3 is 2.96 bits per heavy atom. The van der Waals surface area contributed by atoms with E-state index in [4.69, 9.17) is 0 Å². The predicted octanol–water partition coefficient (Wildman–Crippen LogP) is 2.67. The van der Waals surface area contributed by atoms with Crippen LogP contribution in [-0.4, -0.2) is 41.7 Å². The van der Waals surface area contributed by atoms with Gasteiger partial charge in [-0.25, -0.2) is 0 Å². The highest BCUT2D eigenvalue weighted by molar-refractivity contribution is 7.16. The van der Waals surface area contributed by atoms with Gasteiger partial charge in [-0.3, -0.25) is 9.69 Å². The minimum Gasteiger partial charge on any atom is -0.395 e. The highest BCUT2D eigenvalue weighted by Crippen LogP contribution is 2.37. The molecule has 6 heteroatoms. The second-order valence-electron chi connectivity index (χ2n) is 6.69. The first-order valence-electron chi connectivity index (χ1n) is 8.92.